The van der Waals surface area contributed by atoms with Crippen molar-refractivity contribution in [2.75, 3.05) is 19.6 Å². The fourth-order valence-electron chi connectivity index (χ4n) is 2.50. The zero-order chi connectivity index (χ0) is 12.4. The van der Waals surface area contributed by atoms with E-state index in [9.17, 15) is 14.5 Å². The highest BCUT2D eigenvalue weighted by Crippen LogP contribution is 2.25. The molecule has 0 radical (unpaired) electrons. The zero-order valence-corrected chi connectivity index (χ0v) is 9.41. The molecule has 2 aliphatic heterocycles. The third-order valence-electron chi connectivity index (χ3n) is 3.50. The number of nitrogens with zero attached hydrogens (tertiary/aromatic N) is 3. The van der Waals surface area contributed by atoms with Crippen molar-refractivity contribution in [3.8, 4) is 0 Å². The summed E-state index contributed by atoms with van der Waals surface area (Å²) >= 11 is 0. The Labute approximate surface area is 98.3 Å². The summed E-state index contributed by atoms with van der Waals surface area (Å²) in [7, 11) is 0. The number of amides is 1. The lowest BCUT2D eigenvalue weighted by molar-refractivity contribution is -0.141. The van der Waals surface area contributed by atoms with Crippen LogP contribution >= 0.6 is 0 Å². The van der Waals surface area contributed by atoms with Crippen LogP contribution in [0.25, 0.3) is 0 Å². The van der Waals surface area contributed by atoms with E-state index < -0.39 is 11.9 Å². The van der Waals surface area contributed by atoms with Crippen LogP contribution in [0.15, 0.2) is 5.29 Å². The molecule has 0 spiro atoms. The van der Waals surface area contributed by atoms with Gasteiger partial charge < -0.3 is 10.0 Å². The lowest BCUT2D eigenvalue weighted by Crippen LogP contribution is -2.44. The third-order valence-corrected chi connectivity index (χ3v) is 3.50. The average molecular weight is 241 g/mol. The third kappa shape index (κ3) is 2.37. The van der Waals surface area contributed by atoms with Crippen molar-refractivity contribution in [1.29, 1.82) is 0 Å². The Bertz CT molecular complexity index is 338. The second-order valence-electron chi connectivity index (χ2n) is 4.55. The van der Waals surface area contributed by atoms with Gasteiger partial charge >= 0.3 is 5.97 Å². The lowest BCUT2D eigenvalue weighted by Gasteiger charge is -2.34. The Kier molecular flexibility index (Phi) is 3.26. The number of rotatable bonds is 3. The highest BCUT2D eigenvalue weighted by Gasteiger charge is 2.38. The van der Waals surface area contributed by atoms with Crippen molar-refractivity contribution in [3.05, 3.63) is 4.91 Å². The number of likely N-dealkylation sites (tertiary alicyclic amines) is 1. The summed E-state index contributed by atoms with van der Waals surface area (Å²) in [5, 5.41) is 13.2. The first-order valence-electron chi connectivity index (χ1n) is 5.72. The molecule has 2 fully saturated rings. The molecule has 94 valence electrons. The molecule has 1 unspecified atom stereocenters. The highest BCUT2D eigenvalue weighted by molar-refractivity contribution is 5.86. The number of carboxylic acid groups (broad SMARTS) is 1. The van der Waals surface area contributed by atoms with E-state index in [1.165, 1.54) is 5.01 Å². The molecule has 0 aromatic rings. The number of piperidine rings is 1. The van der Waals surface area contributed by atoms with Crippen LogP contribution < -0.4 is 0 Å². The van der Waals surface area contributed by atoms with Gasteiger partial charge in [-0.1, -0.05) is 0 Å². The van der Waals surface area contributed by atoms with E-state index in [0.717, 1.165) is 0 Å². The highest BCUT2D eigenvalue weighted by atomic mass is 16.4. The predicted octanol–water partition coefficient (Wildman–Crippen LogP) is 0.0653. The Morgan fingerprint density at radius 2 is 2.00 bits per heavy atom. The van der Waals surface area contributed by atoms with Crippen molar-refractivity contribution < 1.29 is 14.7 Å². The van der Waals surface area contributed by atoms with Crippen LogP contribution in [0.3, 0.4) is 0 Å². The van der Waals surface area contributed by atoms with Crippen LogP contribution in [-0.2, 0) is 9.59 Å². The van der Waals surface area contributed by atoms with Gasteiger partial charge in [0.2, 0.25) is 5.91 Å². The Hall–Kier alpha value is -1.66. The summed E-state index contributed by atoms with van der Waals surface area (Å²) in [6.07, 6.45) is 1.47. The van der Waals surface area contributed by atoms with Gasteiger partial charge in [-0.2, -0.15) is 0 Å². The standard InChI is InChI=1S/C10H15N3O4/c14-9-5-7(10(15)16)6-13(9)8-1-3-12(11-17)4-2-8/h7-8H,1-6H2,(H,15,16). The minimum absolute atomic E-state index is 0.0600. The summed E-state index contributed by atoms with van der Waals surface area (Å²) in [6.45, 7) is 1.37. The van der Waals surface area contributed by atoms with Crippen LogP contribution in [0, 0.1) is 10.8 Å². The number of aliphatic carboxylic acids is 1. The molecule has 0 saturated carbocycles. The van der Waals surface area contributed by atoms with Gasteiger partial charge in [0.1, 0.15) is 0 Å². The lowest BCUT2D eigenvalue weighted by atomic mass is 10.0. The normalized spacial score (nSPS) is 26.4. The Morgan fingerprint density at radius 1 is 1.35 bits per heavy atom. The molecule has 2 saturated heterocycles. The summed E-state index contributed by atoms with van der Waals surface area (Å²) in [5.41, 5.74) is 0. The van der Waals surface area contributed by atoms with E-state index in [2.05, 4.69) is 5.29 Å². The summed E-state index contributed by atoms with van der Waals surface area (Å²) < 4.78 is 0. The predicted molar refractivity (Wildman–Crippen MR) is 57.8 cm³/mol. The minimum Gasteiger partial charge on any atom is -0.481 e. The molecular weight excluding hydrogens is 226 g/mol. The molecule has 2 aliphatic rings. The van der Waals surface area contributed by atoms with Crippen LogP contribution in [0.4, 0.5) is 0 Å². The molecule has 0 aromatic heterocycles. The van der Waals surface area contributed by atoms with Crippen molar-refractivity contribution in [2.45, 2.75) is 25.3 Å². The number of nitroso groups, excluding NO2 is 1. The van der Waals surface area contributed by atoms with Gasteiger partial charge in [0.25, 0.3) is 0 Å². The number of carbonyl (C=O) groups is 2. The van der Waals surface area contributed by atoms with Crippen molar-refractivity contribution >= 4 is 11.9 Å². The van der Waals surface area contributed by atoms with Crippen LogP contribution in [0.5, 0.6) is 0 Å². The first-order chi connectivity index (χ1) is 8.11. The van der Waals surface area contributed by atoms with E-state index in [0.29, 0.717) is 32.5 Å². The fraction of sp³-hybridized carbons (Fsp3) is 0.800. The van der Waals surface area contributed by atoms with Gasteiger partial charge in [-0.3, -0.25) is 14.6 Å². The molecule has 0 bridgehead atoms. The minimum atomic E-state index is -0.909. The SMILES string of the molecule is O=NN1CCC(N2CC(C(=O)O)CC2=O)CC1. The second kappa shape index (κ2) is 4.68. The number of hydrogen-bond acceptors (Lipinski definition) is 4. The Balaban J connectivity index is 1.93. The maximum absolute atomic E-state index is 11.7. The fourth-order valence-corrected chi connectivity index (χ4v) is 2.50. The maximum Gasteiger partial charge on any atom is 0.308 e. The van der Waals surface area contributed by atoms with Crippen LogP contribution in [0.1, 0.15) is 19.3 Å². The van der Waals surface area contributed by atoms with Crippen LogP contribution in [0.2, 0.25) is 0 Å². The maximum atomic E-state index is 11.7. The average Bonchev–Trinajstić information content (AvgIpc) is 2.72. The summed E-state index contributed by atoms with van der Waals surface area (Å²) in [6, 6.07) is 0.0600. The number of hydrogen-bond donors (Lipinski definition) is 1. The first kappa shape index (κ1) is 11.8. The van der Waals surface area contributed by atoms with Gasteiger partial charge in [-0.15, -0.1) is 4.91 Å². The largest absolute Gasteiger partial charge is 0.481 e. The topological polar surface area (TPSA) is 90.3 Å². The molecule has 7 heteroatoms. The Morgan fingerprint density at radius 3 is 2.47 bits per heavy atom. The quantitative estimate of drug-likeness (QED) is 0.706. The van der Waals surface area contributed by atoms with Crippen LogP contribution in [-0.4, -0.2) is 52.6 Å². The molecular formula is C10H15N3O4. The molecule has 7 nitrogen and oxygen atoms in total. The van der Waals surface area contributed by atoms with Gasteiger partial charge in [-0.25, -0.2) is 0 Å². The molecule has 0 aromatic carbocycles. The van der Waals surface area contributed by atoms with Gasteiger partial charge in [0, 0.05) is 32.1 Å². The van der Waals surface area contributed by atoms with Crippen molar-refractivity contribution in [2.24, 2.45) is 11.2 Å². The number of carboxylic acids is 1. The van der Waals surface area contributed by atoms with E-state index in [1.54, 1.807) is 4.90 Å². The van der Waals surface area contributed by atoms with E-state index in [-0.39, 0.29) is 18.4 Å². The molecule has 0 aliphatic carbocycles. The second-order valence-corrected chi connectivity index (χ2v) is 4.55. The summed E-state index contributed by atoms with van der Waals surface area (Å²) in [5.74, 6) is -1.58. The summed E-state index contributed by atoms with van der Waals surface area (Å²) in [4.78, 5) is 34.5. The molecule has 1 atom stereocenters. The molecule has 2 rings (SSSR count). The van der Waals surface area contributed by atoms with Gasteiger partial charge in [0.15, 0.2) is 0 Å². The molecule has 2 heterocycles. The monoisotopic (exact) mass is 241 g/mol. The zero-order valence-electron chi connectivity index (χ0n) is 9.41. The van der Waals surface area contributed by atoms with Gasteiger partial charge in [0.05, 0.1) is 11.2 Å². The smallest absolute Gasteiger partial charge is 0.308 e. The van der Waals surface area contributed by atoms with Gasteiger partial charge in [-0.05, 0) is 12.8 Å². The van der Waals surface area contributed by atoms with Crippen molar-refractivity contribution in [1.82, 2.24) is 9.91 Å². The first-order valence-corrected chi connectivity index (χ1v) is 5.72. The van der Waals surface area contributed by atoms with E-state index >= 15 is 0 Å². The van der Waals surface area contributed by atoms with Crippen molar-refractivity contribution in [3.63, 3.8) is 0 Å². The van der Waals surface area contributed by atoms with E-state index in [1.807, 2.05) is 0 Å². The van der Waals surface area contributed by atoms with E-state index in [4.69, 9.17) is 5.11 Å². The number of carbonyl (C=O) groups excluding carboxylic acids is 1. The molecule has 17 heavy (non-hydrogen) atoms. The molecule has 1 amide bonds. The molecule has 1 N–H and O–H groups in total.